The molecule has 0 fully saturated rings. The van der Waals surface area contributed by atoms with Gasteiger partial charge in [-0.1, -0.05) is 11.6 Å². The van der Waals surface area contributed by atoms with Crippen molar-refractivity contribution < 1.29 is 14.3 Å². The summed E-state index contributed by atoms with van der Waals surface area (Å²) in [6.45, 7) is 1.81. The molecule has 0 atom stereocenters. The Morgan fingerprint density at radius 3 is 2.50 bits per heavy atom. The van der Waals surface area contributed by atoms with E-state index in [-0.39, 0.29) is 5.91 Å². The lowest BCUT2D eigenvalue weighted by Crippen LogP contribution is -2.19. The molecule has 0 aliphatic carbocycles. The Hall–Kier alpha value is -1.81. The molecule has 5 heteroatoms. The number of carbonyl (C=O) groups is 2. The van der Waals surface area contributed by atoms with Crippen LogP contribution in [0.4, 0.5) is 0 Å². The highest BCUT2D eigenvalue weighted by atomic mass is 35.5. The molecule has 0 bridgehead atoms. The third-order valence-corrected chi connectivity index (χ3v) is 2.57. The summed E-state index contributed by atoms with van der Waals surface area (Å²) in [6.07, 6.45) is 2.25. The number of nitrogens with zero attached hydrogens (tertiary/aromatic N) is 1. The van der Waals surface area contributed by atoms with Gasteiger partial charge in [0.1, 0.15) is 5.75 Å². The first kappa shape index (κ1) is 14.3. The minimum Gasteiger partial charge on any atom is -0.423 e. The fourth-order valence-corrected chi connectivity index (χ4v) is 1.24. The zero-order valence-corrected chi connectivity index (χ0v) is 11.2. The summed E-state index contributed by atoms with van der Waals surface area (Å²) in [7, 11) is 3.20. The van der Waals surface area contributed by atoms with Crippen LogP contribution in [0, 0.1) is 6.92 Å². The number of likely N-dealkylation sites (N-methyl/N-ethyl adjacent to an activating group) is 1. The van der Waals surface area contributed by atoms with Crippen LogP contribution in [0.1, 0.15) is 5.56 Å². The maximum Gasteiger partial charge on any atom is 0.336 e. The number of halogens is 1. The van der Waals surface area contributed by atoms with Gasteiger partial charge in [-0.25, -0.2) is 4.79 Å². The summed E-state index contributed by atoms with van der Waals surface area (Å²) in [4.78, 5) is 24.0. The van der Waals surface area contributed by atoms with Gasteiger partial charge in [0.2, 0.25) is 5.91 Å². The van der Waals surface area contributed by atoms with Crippen LogP contribution in [0.25, 0.3) is 0 Å². The average Bonchev–Trinajstić information content (AvgIpc) is 2.30. The predicted octanol–water partition coefficient (Wildman–Crippen LogP) is 2.20. The molecule has 0 aromatic heterocycles. The van der Waals surface area contributed by atoms with E-state index in [0.717, 1.165) is 17.7 Å². The second kappa shape index (κ2) is 6.21. The molecule has 0 spiro atoms. The molecule has 4 nitrogen and oxygen atoms in total. The Balaban J connectivity index is 2.65. The lowest BCUT2D eigenvalue weighted by molar-refractivity contribution is -0.129. The van der Waals surface area contributed by atoms with Crippen molar-refractivity contribution in [3.8, 4) is 5.75 Å². The zero-order valence-electron chi connectivity index (χ0n) is 10.4. The second-order valence-corrected chi connectivity index (χ2v) is 4.31. The molecule has 1 aromatic carbocycles. The first-order chi connectivity index (χ1) is 8.40. The SMILES string of the molecule is Cc1cc(OC(=O)/C=C/C(=O)N(C)C)ccc1Cl. The first-order valence-corrected chi connectivity index (χ1v) is 5.65. The van der Waals surface area contributed by atoms with E-state index in [2.05, 4.69) is 0 Å². The van der Waals surface area contributed by atoms with Gasteiger partial charge in [-0.15, -0.1) is 0 Å². The van der Waals surface area contributed by atoms with Crippen molar-refractivity contribution in [2.45, 2.75) is 6.92 Å². The molecule has 0 aliphatic heterocycles. The average molecular weight is 268 g/mol. The number of carbonyl (C=O) groups excluding carboxylic acids is 2. The fourth-order valence-electron chi connectivity index (χ4n) is 1.12. The van der Waals surface area contributed by atoms with Gasteiger partial charge in [0.15, 0.2) is 0 Å². The quantitative estimate of drug-likeness (QED) is 0.479. The second-order valence-electron chi connectivity index (χ2n) is 3.90. The predicted molar refractivity (Wildman–Crippen MR) is 69.7 cm³/mol. The van der Waals surface area contributed by atoms with E-state index < -0.39 is 5.97 Å². The highest BCUT2D eigenvalue weighted by molar-refractivity contribution is 6.31. The van der Waals surface area contributed by atoms with Crippen molar-refractivity contribution >= 4 is 23.5 Å². The van der Waals surface area contributed by atoms with Crippen molar-refractivity contribution in [3.05, 3.63) is 40.9 Å². The highest BCUT2D eigenvalue weighted by Crippen LogP contribution is 2.21. The Morgan fingerprint density at radius 1 is 1.28 bits per heavy atom. The molecule has 1 rings (SSSR count). The van der Waals surface area contributed by atoms with E-state index in [4.69, 9.17) is 16.3 Å². The number of aryl methyl sites for hydroxylation is 1. The van der Waals surface area contributed by atoms with Crippen LogP contribution in [0.15, 0.2) is 30.4 Å². The number of rotatable bonds is 3. The van der Waals surface area contributed by atoms with Crippen LogP contribution in [0.3, 0.4) is 0 Å². The van der Waals surface area contributed by atoms with Gasteiger partial charge in [0.05, 0.1) is 0 Å². The third kappa shape index (κ3) is 4.22. The van der Waals surface area contributed by atoms with Crippen LogP contribution >= 0.6 is 11.6 Å². The minimum atomic E-state index is -0.605. The topological polar surface area (TPSA) is 46.6 Å². The van der Waals surface area contributed by atoms with E-state index >= 15 is 0 Å². The van der Waals surface area contributed by atoms with Crippen molar-refractivity contribution in [3.63, 3.8) is 0 Å². The molecule has 1 amide bonds. The van der Waals surface area contributed by atoms with Crippen molar-refractivity contribution in [1.29, 1.82) is 0 Å². The van der Waals surface area contributed by atoms with Crippen LogP contribution in [-0.4, -0.2) is 30.9 Å². The summed E-state index contributed by atoms with van der Waals surface area (Å²) < 4.78 is 5.03. The van der Waals surface area contributed by atoms with Crippen molar-refractivity contribution in [2.75, 3.05) is 14.1 Å². The fraction of sp³-hybridized carbons (Fsp3) is 0.231. The number of esters is 1. The van der Waals surface area contributed by atoms with Gasteiger partial charge in [0.25, 0.3) is 0 Å². The smallest absolute Gasteiger partial charge is 0.336 e. The Kier molecular flexibility index (Phi) is 4.92. The van der Waals surface area contributed by atoms with Crippen LogP contribution in [0.2, 0.25) is 5.02 Å². The lowest BCUT2D eigenvalue weighted by atomic mass is 10.2. The molecular weight excluding hydrogens is 254 g/mol. The number of amides is 1. The van der Waals surface area contributed by atoms with E-state index in [1.54, 1.807) is 32.3 Å². The zero-order chi connectivity index (χ0) is 13.7. The molecule has 0 radical (unpaired) electrons. The molecule has 0 N–H and O–H groups in total. The highest BCUT2D eigenvalue weighted by Gasteiger charge is 2.04. The largest absolute Gasteiger partial charge is 0.423 e. The van der Waals surface area contributed by atoms with Gasteiger partial charge in [-0.05, 0) is 30.7 Å². The summed E-state index contributed by atoms with van der Waals surface area (Å²) in [5.41, 5.74) is 0.815. The van der Waals surface area contributed by atoms with Gasteiger partial charge in [-0.3, -0.25) is 4.79 Å². The van der Waals surface area contributed by atoms with E-state index in [0.29, 0.717) is 10.8 Å². The van der Waals surface area contributed by atoms with Crippen LogP contribution in [0.5, 0.6) is 5.75 Å². The molecule has 0 unspecified atom stereocenters. The summed E-state index contributed by atoms with van der Waals surface area (Å²) >= 11 is 5.85. The number of ether oxygens (including phenoxy) is 1. The minimum absolute atomic E-state index is 0.278. The van der Waals surface area contributed by atoms with Crippen molar-refractivity contribution in [2.24, 2.45) is 0 Å². The standard InChI is InChI=1S/C13H14ClNO3/c1-9-8-10(4-5-11(9)14)18-13(17)7-6-12(16)15(2)3/h4-8H,1-3H3/b7-6+. The maximum atomic E-state index is 11.4. The molecule has 0 aliphatic rings. The Bertz CT molecular complexity index is 495. The Morgan fingerprint density at radius 2 is 1.94 bits per heavy atom. The molecule has 18 heavy (non-hydrogen) atoms. The normalized spacial score (nSPS) is 10.4. The molecule has 1 aromatic rings. The summed E-state index contributed by atoms with van der Waals surface area (Å²) in [5.74, 6) is -0.491. The first-order valence-electron chi connectivity index (χ1n) is 5.27. The van der Waals surface area contributed by atoms with Gasteiger partial charge in [0, 0.05) is 31.3 Å². The van der Waals surface area contributed by atoms with E-state index in [1.165, 1.54) is 4.90 Å². The third-order valence-electron chi connectivity index (χ3n) is 2.15. The summed E-state index contributed by atoms with van der Waals surface area (Å²) in [6, 6.07) is 4.89. The molecule has 0 saturated carbocycles. The molecular formula is C13H14ClNO3. The number of benzene rings is 1. The number of hydrogen-bond acceptors (Lipinski definition) is 3. The van der Waals surface area contributed by atoms with Gasteiger partial charge >= 0.3 is 5.97 Å². The van der Waals surface area contributed by atoms with E-state index in [9.17, 15) is 9.59 Å². The van der Waals surface area contributed by atoms with Gasteiger partial charge in [-0.2, -0.15) is 0 Å². The van der Waals surface area contributed by atoms with E-state index in [1.807, 2.05) is 6.92 Å². The molecule has 0 heterocycles. The van der Waals surface area contributed by atoms with Crippen LogP contribution in [-0.2, 0) is 9.59 Å². The lowest BCUT2D eigenvalue weighted by Gasteiger charge is -2.05. The monoisotopic (exact) mass is 267 g/mol. The van der Waals surface area contributed by atoms with Crippen LogP contribution < -0.4 is 4.74 Å². The summed E-state index contributed by atoms with van der Waals surface area (Å²) in [5, 5.41) is 0.605. The Labute approximate surface area is 111 Å². The van der Waals surface area contributed by atoms with Crippen molar-refractivity contribution in [1.82, 2.24) is 4.90 Å². The number of hydrogen-bond donors (Lipinski definition) is 0. The molecule has 96 valence electrons. The maximum absolute atomic E-state index is 11.4. The van der Waals surface area contributed by atoms with Gasteiger partial charge < -0.3 is 9.64 Å². The molecule has 0 saturated heterocycles.